The molecule has 17 heavy (non-hydrogen) atoms. The Balaban J connectivity index is 0.00000256. The van der Waals surface area contributed by atoms with E-state index in [9.17, 15) is 4.79 Å². The lowest BCUT2D eigenvalue weighted by atomic mass is 9.91. The predicted octanol–water partition coefficient (Wildman–Crippen LogP) is 2.20. The average Bonchev–Trinajstić information content (AvgIpc) is 2.28. The summed E-state index contributed by atoms with van der Waals surface area (Å²) in [7, 11) is 0. The molecule has 1 saturated heterocycles. The van der Waals surface area contributed by atoms with Crippen molar-refractivity contribution in [3.63, 3.8) is 0 Å². The second-order valence-corrected chi connectivity index (χ2v) is 5.44. The van der Waals surface area contributed by atoms with Gasteiger partial charge in [-0.15, -0.1) is 12.4 Å². The van der Waals surface area contributed by atoms with Crippen molar-refractivity contribution in [1.82, 2.24) is 10.6 Å². The second-order valence-electron chi connectivity index (χ2n) is 5.44. The molecule has 3 atom stereocenters. The molecule has 3 nitrogen and oxygen atoms in total. The smallest absolute Gasteiger partial charge is 0.223 e. The highest BCUT2D eigenvalue weighted by atomic mass is 35.5. The highest BCUT2D eigenvalue weighted by Gasteiger charge is 2.24. The third kappa shape index (κ3) is 5.26. The summed E-state index contributed by atoms with van der Waals surface area (Å²) in [4.78, 5) is 11.9. The first-order valence-electron chi connectivity index (χ1n) is 6.53. The molecule has 1 aliphatic rings. The van der Waals surface area contributed by atoms with Gasteiger partial charge in [-0.05, 0) is 44.7 Å². The first kappa shape index (κ1) is 16.7. The number of hydrogen-bond acceptors (Lipinski definition) is 2. The Morgan fingerprint density at radius 1 is 1.29 bits per heavy atom. The fourth-order valence-corrected chi connectivity index (χ4v) is 2.08. The molecule has 0 bridgehead atoms. The molecule has 0 aliphatic carbocycles. The molecule has 2 N–H and O–H groups in total. The fourth-order valence-electron chi connectivity index (χ4n) is 2.08. The molecule has 4 heteroatoms. The van der Waals surface area contributed by atoms with Gasteiger partial charge in [0.2, 0.25) is 5.91 Å². The molecule has 0 aromatic carbocycles. The number of rotatable bonds is 4. The van der Waals surface area contributed by atoms with Crippen molar-refractivity contribution in [1.29, 1.82) is 0 Å². The van der Waals surface area contributed by atoms with E-state index in [0.717, 1.165) is 13.1 Å². The van der Waals surface area contributed by atoms with E-state index < -0.39 is 0 Å². The van der Waals surface area contributed by atoms with Crippen LogP contribution in [0, 0.1) is 17.8 Å². The standard InChI is InChI=1S/C13H26N2O.ClH/c1-9(2)10(3)13(16)15-11(4)12-6-5-7-14-8-12;/h9-12,14H,5-8H2,1-4H3,(H,15,16);1H. The minimum Gasteiger partial charge on any atom is -0.353 e. The van der Waals surface area contributed by atoms with Crippen molar-refractivity contribution in [2.24, 2.45) is 17.8 Å². The summed E-state index contributed by atoms with van der Waals surface area (Å²) in [6, 6.07) is 0.293. The Kier molecular flexibility index (Phi) is 7.80. The summed E-state index contributed by atoms with van der Waals surface area (Å²) in [5.41, 5.74) is 0. The number of halogens is 1. The van der Waals surface area contributed by atoms with Crippen molar-refractivity contribution in [3.8, 4) is 0 Å². The third-order valence-corrected chi connectivity index (χ3v) is 3.83. The monoisotopic (exact) mass is 262 g/mol. The first-order chi connectivity index (χ1) is 7.52. The number of piperidine rings is 1. The lowest BCUT2D eigenvalue weighted by Crippen LogP contribution is -2.46. The van der Waals surface area contributed by atoms with Crippen LogP contribution in [0.15, 0.2) is 0 Å². The Hall–Kier alpha value is -0.280. The highest BCUT2D eigenvalue weighted by molar-refractivity contribution is 5.85. The Morgan fingerprint density at radius 2 is 1.94 bits per heavy atom. The Morgan fingerprint density at radius 3 is 2.41 bits per heavy atom. The zero-order valence-electron chi connectivity index (χ0n) is 11.5. The van der Waals surface area contributed by atoms with E-state index in [4.69, 9.17) is 0 Å². The summed E-state index contributed by atoms with van der Waals surface area (Å²) in [5.74, 6) is 1.32. The van der Waals surface area contributed by atoms with Gasteiger partial charge in [-0.3, -0.25) is 4.79 Å². The second kappa shape index (κ2) is 7.93. The van der Waals surface area contributed by atoms with Gasteiger partial charge in [0, 0.05) is 12.0 Å². The van der Waals surface area contributed by atoms with Gasteiger partial charge in [0.05, 0.1) is 0 Å². The molecule has 0 aromatic heterocycles. The highest BCUT2D eigenvalue weighted by Crippen LogP contribution is 2.16. The summed E-state index contributed by atoms with van der Waals surface area (Å²) in [5, 5.41) is 6.54. The van der Waals surface area contributed by atoms with Crippen LogP contribution in [0.2, 0.25) is 0 Å². The average molecular weight is 263 g/mol. The van der Waals surface area contributed by atoms with Gasteiger partial charge < -0.3 is 10.6 Å². The van der Waals surface area contributed by atoms with Crippen LogP contribution < -0.4 is 10.6 Å². The van der Waals surface area contributed by atoms with Crippen molar-refractivity contribution in [2.45, 2.75) is 46.6 Å². The molecule has 1 amide bonds. The van der Waals surface area contributed by atoms with Crippen molar-refractivity contribution in [3.05, 3.63) is 0 Å². The topological polar surface area (TPSA) is 41.1 Å². The number of hydrogen-bond donors (Lipinski definition) is 2. The number of amides is 1. The molecular formula is C13H27ClN2O. The maximum Gasteiger partial charge on any atom is 0.223 e. The van der Waals surface area contributed by atoms with Gasteiger partial charge in [0.1, 0.15) is 0 Å². The molecular weight excluding hydrogens is 236 g/mol. The van der Waals surface area contributed by atoms with E-state index >= 15 is 0 Å². The van der Waals surface area contributed by atoms with Crippen LogP contribution in [-0.2, 0) is 4.79 Å². The summed E-state index contributed by atoms with van der Waals surface area (Å²) in [6.07, 6.45) is 2.45. The molecule has 0 saturated carbocycles. The Bertz CT molecular complexity index is 227. The van der Waals surface area contributed by atoms with E-state index in [1.54, 1.807) is 0 Å². The summed E-state index contributed by atoms with van der Waals surface area (Å²) < 4.78 is 0. The molecule has 3 unspecified atom stereocenters. The quantitative estimate of drug-likeness (QED) is 0.816. The molecule has 1 heterocycles. The van der Waals surface area contributed by atoms with Gasteiger partial charge >= 0.3 is 0 Å². The molecule has 1 fully saturated rings. The minimum atomic E-state index is 0. The van der Waals surface area contributed by atoms with Gasteiger partial charge in [-0.25, -0.2) is 0 Å². The number of carbonyl (C=O) groups is 1. The lowest BCUT2D eigenvalue weighted by Gasteiger charge is -2.30. The number of carbonyl (C=O) groups excluding carboxylic acids is 1. The summed E-state index contributed by atoms with van der Waals surface area (Å²) >= 11 is 0. The largest absolute Gasteiger partial charge is 0.353 e. The van der Waals surface area contributed by atoms with Gasteiger partial charge in [0.25, 0.3) is 0 Å². The fraction of sp³-hybridized carbons (Fsp3) is 0.923. The van der Waals surface area contributed by atoms with Crippen LogP contribution in [0.1, 0.15) is 40.5 Å². The zero-order valence-corrected chi connectivity index (χ0v) is 12.3. The van der Waals surface area contributed by atoms with Gasteiger partial charge in [-0.1, -0.05) is 20.8 Å². The van der Waals surface area contributed by atoms with Crippen LogP contribution in [0.3, 0.4) is 0 Å². The van der Waals surface area contributed by atoms with Crippen molar-refractivity contribution >= 4 is 18.3 Å². The Labute approximate surface area is 112 Å². The zero-order chi connectivity index (χ0) is 12.1. The van der Waals surface area contributed by atoms with Crippen molar-refractivity contribution < 1.29 is 4.79 Å². The summed E-state index contributed by atoms with van der Waals surface area (Å²) in [6.45, 7) is 10.5. The van der Waals surface area contributed by atoms with Crippen LogP contribution in [0.25, 0.3) is 0 Å². The van der Waals surface area contributed by atoms with E-state index in [0.29, 0.717) is 17.9 Å². The molecule has 102 valence electrons. The molecule has 1 aliphatic heterocycles. The first-order valence-corrected chi connectivity index (χ1v) is 6.53. The van der Waals surface area contributed by atoms with E-state index in [2.05, 4.69) is 31.4 Å². The SMILES string of the molecule is CC(C)C(C)C(=O)NC(C)C1CCCNC1.Cl. The molecule has 0 spiro atoms. The van der Waals surface area contributed by atoms with E-state index in [1.165, 1.54) is 12.8 Å². The van der Waals surface area contributed by atoms with Crippen molar-refractivity contribution in [2.75, 3.05) is 13.1 Å². The normalized spacial score (nSPS) is 23.7. The number of nitrogens with one attached hydrogen (secondary N) is 2. The van der Waals surface area contributed by atoms with E-state index in [-0.39, 0.29) is 24.2 Å². The van der Waals surface area contributed by atoms with Gasteiger partial charge in [-0.2, -0.15) is 0 Å². The van der Waals surface area contributed by atoms with E-state index in [1.807, 2.05) is 6.92 Å². The van der Waals surface area contributed by atoms with Crippen LogP contribution in [0.4, 0.5) is 0 Å². The van der Waals surface area contributed by atoms with Crippen LogP contribution in [-0.4, -0.2) is 25.0 Å². The molecule has 1 rings (SSSR count). The van der Waals surface area contributed by atoms with Gasteiger partial charge in [0.15, 0.2) is 0 Å². The minimum absolute atomic E-state index is 0. The van der Waals surface area contributed by atoms with Crippen LogP contribution in [0.5, 0.6) is 0 Å². The lowest BCUT2D eigenvalue weighted by molar-refractivity contribution is -0.126. The predicted molar refractivity (Wildman–Crippen MR) is 74.4 cm³/mol. The maximum atomic E-state index is 11.9. The maximum absolute atomic E-state index is 11.9. The van der Waals surface area contributed by atoms with Crippen LogP contribution >= 0.6 is 12.4 Å². The molecule has 0 aromatic rings. The third-order valence-electron chi connectivity index (χ3n) is 3.83. The molecule has 0 radical (unpaired) electrons.